The summed E-state index contributed by atoms with van der Waals surface area (Å²) in [5.74, 6) is -1.09. The van der Waals surface area contributed by atoms with Gasteiger partial charge in [-0.15, -0.1) is 0 Å². The van der Waals surface area contributed by atoms with E-state index in [9.17, 15) is 9.59 Å². The van der Waals surface area contributed by atoms with Crippen LogP contribution in [-0.2, 0) is 19.1 Å². The highest BCUT2D eigenvalue weighted by atomic mass is 16.5. The summed E-state index contributed by atoms with van der Waals surface area (Å²) in [6, 6.07) is 0. The first-order valence-electron chi connectivity index (χ1n) is 2.96. The van der Waals surface area contributed by atoms with Crippen LogP contribution in [0.25, 0.3) is 0 Å². The molecule has 0 N–H and O–H groups in total. The van der Waals surface area contributed by atoms with Gasteiger partial charge in [0, 0.05) is 11.6 Å². The second kappa shape index (κ2) is 4.49. The molecule has 0 aliphatic heterocycles. The number of rotatable bonds is 2. The first-order valence-corrected chi connectivity index (χ1v) is 2.96. The molecular weight excluding hydrogens is 148 g/mol. The summed E-state index contributed by atoms with van der Waals surface area (Å²) in [4.78, 5) is 21.2. The minimum Gasteiger partial charge on any atom is -0.466 e. The number of esters is 2. The molecule has 0 aliphatic rings. The maximum absolute atomic E-state index is 10.7. The van der Waals surface area contributed by atoms with E-state index < -0.39 is 11.9 Å². The van der Waals surface area contributed by atoms with Crippen LogP contribution in [0.5, 0.6) is 0 Å². The zero-order valence-corrected chi connectivity index (χ0v) is 6.71. The highest BCUT2D eigenvalue weighted by Crippen LogP contribution is 1.95. The predicted molar refractivity (Wildman–Crippen MR) is 37.8 cm³/mol. The minimum atomic E-state index is -0.562. The zero-order valence-electron chi connectivity index (χ0n) is 6.71. The molecule has 0 unspecified atom stereocenters. The lowest BCUT2D eigenvalue weighted by atomic mass is 10.3. The van der Waals surface area contributed by atoms with Gasteiger partial charge in [-0.3, -0.25) is 0 Å². The molecule has 0 aromatic carbocycles. The van der Waals surface area contributed by atoms with Crippen molar-refractivity contribution in [2.24, 2.45) is 0 Å². The quantitative estimate of drug-likeness (QED) is 0.428. The standard InChI is InChI=1S/C7H10O4/c1-5(7(9)11-3)4-6(8)10-2/h4H,1-3H3/b5-4+. The van der Waals surface area contributed by atoms with Crippen LogP contribution in [0.3, 0.4) is 0 Å². The van der Waals surface area contributed by atoms with Crippen LogP contribution in [0.15, 0.2) is 11.6 Å². The fourth-order valence-electron chi connectivity index (χ4n) is 0.456. The van der Waals surface area contributed by atoms with Gasteiger partial charge < -0.3 is 9.47 Å². The van der Waals surface area contributed by atoms with Gasteiger partial charge in [-0.05, 0) is 6.92 Å². The number of carbonyl (C=O) groups excluding carboxylic acids is 2. The van der Waals surface area contributed by atoms with Gasteiger partial charge in [-0.2, -0.15) is 0 Å². The Hall–Kier alpha value is -1.32. The van der Waals surface area contributed by atoms with Crippen LogP contribution in [0.4, 0.5) is 0 Å². The summed E-state index contributed by atoms with van der Waals surface area (Å²) in [5, 5.41) is 0. The third kappa shape index (κ3) is 3.40. The summed E-state index contributed by atoms with van der Waals surface area (Å²) in [5.41, 5.74) is 0.222. The Morgan fingerprint density at radius 3 is 2.09 bits per heavy atom. The molecule has 4 nitrogen and oxygen atoms in total. The fraction of sp³-hybridized carbons (Fsp3) is 0.429. The maximum atomic E-state index is 10.7. The van der Waals surface area contributed by atoms with Crippen LogP contribution in [0.2, 0.25) is 0 Å². The summed E-state index contributed by atoms with van der Waals surface area (Å²) in [7, 11) is 2.49. The van der Waals surface area contributed by atoms with Crippen molar-refractivity contribution < 1.29 is 19.1 Å². The zero-order chi connectivity index (χ0) is 8.85. The highest BCUT2D eigenvalue weighted by Gasteiger charge is 2.05. The molecule has 0 aliphatic carbocycles. The predicted octanol–water partition coefficient (Wildman–Crippen LogP) is 0.279. The van der Waals surface area contributed by atoms with E-state index in [-0.39, 0.29) is 5.57 Å². The molecule has 0 amide bonds. The number of methoxy groups -OCH3 is 2. The molecule has 0 bridgehead atoms. The van der Waals surface area contributed by atoms with E-state index in [0.29, 0.717) is 0 Å². The SMILES string of the molecule is COC(=O)/C=C(\C)C(=O)OC. The molecule has 0 heterocycles. The second-order valence-corrected chi connectivity index (χ2v) is 1.84. The van der Waals surface area contributed by atoms with Crippen LogP contribution in [0, 0.1) is 0 Å². The van der Waals surface area contributed by atoms with Gasteiger partial charge >= 0.3 is 11.9 Å². The van der Waals surface area contributed by atoms with E-state index in [1.165, 1.54) is 21.1 Å². The average molecular weight is 158 g/mol. The Morgan fingerprint density at radius 2 is 1.73 bits per heavy atom. The molecular formula is C7H10O4. The molecule has 0 fully saturated rings. The largest absolute Gasteiger partial charge is 0.466 e. The Balaban J connectivity index is 4.21. The molecule has 0 saturated heterocycles. The smallest absolute Gasteiger partial charge is 0.333 e. The van der Waals surface area contributed by atoms with E-state index in [1.54, 1.807) is 0 Å². The number of carbonyl (C=O) groups is 2. The molecule has 0 spiro atoms. The lowest BCUT2D eigenvalue weighted by molar-refractivity contribution is -0.138. The van der Waals surface area contributed by atoms with Gasteiger partial charge in [-0.1, -0.05) is 0 Å². The van der Waals surface area contributed by atoms with E-state index in [2.05, 4.69) is 9.47 Å². The molecule has 0 radical (unpaired) electrons. The first kappa shape index (κ1) is 9.68. The van der Waals surface area contributed by atoms with Crippen molar-refractivity contribution >= 4 is 11.9 Å². The summed E-state index contributed by atoms with van der Waals surface area (Å²) < 4.78 is 8.63. The van der Waals surface area contributed by atoms with Gasteiger partial charge in [0.15, 0.2) is 0 Å². The Kier molecular flexibility index (Phi) is 3.95. The fourth-order valence-corrected chi connectivity index (χ4v) is 0.456. The van der Waals surface area contributed by atoms with Gasteiger partial charge in [0.05, 0.1) is 14.2 Å². The summed E-state index contributed by atoms with van der Waals surface area (Å²) >= 11 is 0. The summed E-state index contributed by atoms with van der Waals surface area (Å²) in [6.45, 7) is 1.47. The van der Waals surface area contributed by atoms with Crippen molar-refractivity contribution in [3.05, 3.63) is 11.6 Å². The van der Waals surface area contributed by atoms with Crippen LogP contribution in [0.1, 0.15) is 6.92 Å². The lowest BCUT2D eigenvalue weighted by Crippen LogP contribution is -2.05. The second-order valence-electron chi connectivity index (χ2n) is 1.84. The topological polar surface area (TPSA) is 52.6 Å². The van der Waals surface area contributed by atoms with E-state index in [1.807, 2.05) is 0 Å². The van der Waals surface area contributed by atoms with Crippen LogP contribution in [-0.4, -0.2) is 26.2 Å². The van der Waals surface area contributed by atoms with Gasteiger partial charge in [0.1, 0.15) is 0 Å². The normalized spacial score (nSPS) is 10.6. The average Bonchev–Trinajstić information content (AvgIpc) is 2.02. The Bertz CT molecular complexity index is 193. The highest BCUT2D eigenvalue weighted by molar-refractivity contribution is 5.95. The number of hydrogen-bond acceptors (Lipinski definition) is 4. The molecule has 4 heteroatoms. The van der Waals surface area contributed by atoms with Gasteiger partial charge in [0.25, 0.3) is 0 Å². The maximum Gasteiger partial charge on any atom is 0.333 e. The molecule has 62 valence electrons. The van der Waals surface area contributed by atoms with Gasteiger partial charge in [0.2, 0.25) is 0 Å². The molecule has 0 atom stereocenters. The van der Waals surface area contributed by atoms with Gasteiger partial charge in [-0.25, -0.2) is 9.59 Å². The van der Waals surface area contributed by atoms with Crippen molar-refractivity contribution in [3.8, 4) is 0 Å². The minimum absolute atomic E-state index is 0.222. The van der Waals surface area contributed by atoms with E-state index in [4.69, 9.17) is 0 Å². The first-order chi connectivity index (χ1) is 5.11. The third-order valence-electron chi connectivity index (χ3n) is 1.04. The molecule has 11 heavy (non-hydrogen) atoms. The molecule has 0 aromatic rings. The Labute approximate surface area is 64.8 Å². The van der Waals surface area contributed by atoms with Crippen molar-refractivity contribution in [2.75, 3.05) is 14.2 Å². The summed E-state index contributed by atoms with van der Waals surface area (Å²) in [6.07, 6.45) is 1.08. The monoisotopic (exact) mass is 158 g/mol. The van der Waals surface area contributed by atoms with Crippen molar-refractivity contribution in [1.82, 2.24) is 0 Å². The number of hydrogen-bond donors (Lipinski definition) is 0. The number of ether oxygens (including phenoxy) is 2. The molecule has 0 rings (SSSR count). The molecule has 0 saturated carbocycles. The van der Waals surface area contributed by atoms with Crippen molar-refractivity contribution in [3.63, 3.8) is 0 Å². The van der Waals surface area contributed by atoms with Crippen LogP contribution < -0.4 is 0 Å². The third-order valence-corrected chi connectivity index (χ3v) is 1.04. The van der Waals surface area contributed by atoms with Crippen molar-refractivity contribution in [1.29, 1.82) is 0 Å². The Morgan fingerprint density at radius 1 is 1.18 bits per heavy atom. The lowest BCUT2D eigenvalue weighted by Gasteiger charge is -1.96. The van der Waals surface area contributed by atoms with E-state index >= 15 is 0 Å². The van der Waals surface area contributed by atoms with Crippen LogP contribution >= 0.6 is 0 Å². The molecule has 0 aromatic heterocycles. The van der Waals surface area contributed by atoms with Crippen molar-refractivity contribution in [2.45, 2.75) is 6.92 Å². The van der Waals surface area contributed by atoms with E-state index in [0.717, 1.165) is 6.08 Å².